The number of hydrogen-bond donors (Lipinski definition) is 1. The van der Waals surface area contributed by atoms with Gasteiger partial charge in [0.25, 0.3) is 11.7 Å². The molecule has 1 amide bonds. The first-order chi connectivity index (χ1) is 15.1. The number of carbonyl (C=O) groups is 2. The lowest BCUT2D eigenvalue weighted by atomic mass is 9.94. The minimum atomic E-state index is -0.665. The third kappa shape index (κ3) is 4.12. The number of imidazole rings is 1. The van der Waals surface area contributed by atoms with E-state index in [-0.39, 0.29) is 11.3 Å². The smallest absolute Gasteiger partial charge is 0.295 e. The van der Waals surface area contributed by atoms with Crippen LogP contribution in [0.5, 0.6) is 0 Å². The van der Waals surface area contributed by atoms with Crippen LogP contribution in [-0.2, 0) is 22.6 Å². The Labute approximate surface area is 180 Å². The Morgan fingerprint density at radius 2 is 1.74 bits per heavy atom. The molecule has 0 saturated carbocycles. The largest absolute Gasteiger partial charge is 0.507 e. The Kier molecular flexibility index (Phi) is 5.93. The van der Waals surface area contributed by atoms with E-state index >= 15 is 0 Å². The van der Waals surface area contributed by atoms with Gasteiger partial charge in [0.15, 0.2) is 0 Å². The Balaban J connectivity index is 1.72. The third-order valence-corrected chi connectivity index (χ3v) is 5.57. The summed E-state index contributed by atoms with van der Waals surface area (Å²) >= 11 is 0. The Bertz CT molecular complexity index is 1090. The van der Waals surface area contributed by atoms with Gasteiger partial charge in [0.2, 0.25) is 0 Å². The number of Topliss-reactive ketones (excluding diaryl/α,β-unsaturated/α-hetero) is 1. The summed E-state index contributed by atoms with van der Waals surface area (Å²) in [6.07, 6.45) is 9.92. The first kappa shape index (κ1) is 20.5. The maximum atomic E-state index is 13.0. The Morgan fingerprint density at radius 3 is 2.39 bits per heavy atom. The van der Waals surface area contributed by atoms with Gasteiger partial charge >= 0.3 is 0 Å². The summed E-state index contributed by atoms with van der Waals surface area (Å²) in [5, 5.41) is 11.0. The van der Waals surface area contributed by atoms with E-state index in [1.165, 1.54) is 0 Å². The molecule has 3 aromatic rings. The third-order valence-electron chi connectivity index (χ3n) is 5.57. The van der Waals surface area contributed by atoms with Gasteiger partial charge in [-0.05, 0) is 36.1 Å². The molecule has 1 N–H and O–H groups in total. The molecule has 1 aliphatic heterocycles. The van der Waals surface area contributed by atoms with Crippen LogP contribution in [0, 0.1) is 0 Å². The summed E-state index contributed by atoms with van der Waals surface area (Å²) in [6, 6.07) is 10.5. The van der Waals surface area contributed by atoms with Crippen LogP contribution >= 0.6 is 0 Å². The van der Waals surface area contributed by atoms with E-state index < -0.39 is 17.7 Å². The molecule has 2 aromatic heterocycles. The predicted molar refractivity (Wildman–Crippen MR) is 116 cm³/mol. The molecule has 1 aromatic carbocycles. The lowest BCUT2D eigenvalue weighted by Crippen LogP contribution is -2.31. The number of ketones is 1. The zero-order valence-corrected chi connectivity index (χ0v) is 17.3. The van der Waals surface area contributed by atoms with Crippen molar-refractivity contribution in [3.63, 3.8) is 0 Å². The summed E-state index contributed by atoms with van der Waals surface area (Å²) in [5.41, 5.74) is 2.54. The van der Waals surface area contributed by atoms with Gasteiger partial charge in [-0.2, -0.15) is 0 Å². The molecule has 31 heavy (non-hydrogen) atoms. The molecule has 0 spiro atoms. The number of rotatable bonds is 7. The molecule has 1 unspecified atom stereocenters. The van der Waals surface area contributed by atoms with Crippen molar-refractivity contribution in [3.8, 4) is 0 Å². The second kappa shape index (κ2) is 8.95. The molecule has 7 nitrogen and oxygen atoms in total. The predicted octanol–water partition coefficient (Wildman–Crippen LogP) is 3.35. The number of likely N-dealkylation sites (tertiary alicyclic amines) is 1. The highest BCUT2D eigenvalue weighted by molar-refractivity contribution is 6.46. The second-order valence-corrected chi connectivity index (χ2v) is 7.48. The number of carbonyl (C=O) groups excluding carboxylic acids is 2. The molecule has 4 rings (SSSR count). The first-order valence-electron chi connectivity index (χ1n) is 10.3. The summed E-state index contributed by atoms with van der Waals surface area (Å²) in [7, 11) is 0. The second-order valence-electron chi connectivity index (χ2n) is 7.48. The highest BCUT2D eigenvalue weighted by Gasteiger charge is 2.45. The van der Waals surface area contributed by atoms with Crippen LogP contribution in [0.3, 0.4) is 0 Å². The minimum Gasteiger partial charge on any atom is -0.507 e. The number of aromatic nitrogens is 3. The summed E-state index contributed by atoms with van der Waals surface area (Å²) in [6.45, 7) is 3.13. The highest BCUT2D eigenvalue weighted by atomic mass is 16.3. The van der Waals surface area contributed by atoms with Crippen LogP contribution in [0.25, 0.3) is 5.76 Å². The van der Waals surface area contributed by atoms with E-state index in [1.807, 2.05) is 35.0 Å². The minimum absolute atomic E-state index is 0.114. The van der Waals surface area contributed by atoms with Crippen molar-refractivity contribution in [2.75, 3.05) is 6.54 Å². The average Bonchev–Trinajstić information content (AvgIpc) is 3.41. The molecule has 3 heterocycles. The number of aliphatic hydroxyl groups is 1. The van der Waals surface area contributed by atoms with Gasteiger partial charge in [0.05, 0.1) is 17.9 Å². The molecule has 7 heteroatoms. The lowest BCUT2D eigenvalue weighted by molar-refractivity contribution is -0.139. The number of nitrogens with zero attached hydrogens (tertiary/aromatic N) is 4. The maximum absolute atomic E-state index is 13.0. The molecule has 0 radical (unpaired) electrons. The maximum Gasteiger partial charge on any atom is 0.295 e. The van der Waals surface area contributed by atoms with Gasteiger partial charge in [-0.3, -0.25) is 14.6 Å². The van der Waals surface area contributed by atoms with Crippen molar-refractivity contribution in [1.82, 2.24) is 19.4 Å². The molecule has 1 atom stereocenters. The fourth-order valence-corrected chi connectivity index (χ4v) is 3.90. The number of aryl methyl sites for hydroxylation is 2. The van der Waals surface area contributed by atoms with E-state index in [9.17, 15) is 14.7 Å². The topological polar surface area (TPSA) is 88.3 Å². The molecule has 0 bridgehead atoms. The standard InChI is InChI=1S/C24H24N4O3/c1-2-17-4-6-18(7-5-17)21-20(22(29)19-8-10-25-11-9-19)23(30)24(31)28(21)14-3-13-27-15-12-26-16-27/h4-12,15-16,21,29H,2-3,13-14H2,1H3/b22-20+. The fourth-order valence-electron chi connectivity index (χ4n) is 3.90. The lowest BCUT2D eigenvalue weighted by Gasteiger charge is -2.25. The molecule has 1 saturated heterocycles. The van der Waals surface area contributed by atoms with Crippen molar-refractivity contribution in [1.29, 1.82) is 0 Å². The van der Waals surface area contributed by atoms with Gasteiger partial charge in [-0.25, -0.2) is 4.98 Å². The molecule has 0 aliphatic carbocycles. The highest BCUT2D eigenvalue weighted by Crippen LogP contribution is 2.39. The monoisotopic (exact) mass is 416 g/mol. The van der Waals surface area contributed by atoms with Crippen LogP contribution in [0.15, 0.2) is 73.1 Å². The molecular weight excluding hydrogens is 392 g/mol. The molecular formula is C24H24N4O3. The zero-order chi connectivity index (χ0) is 21.8. The van der Waals surface area contributed by atoms with Crippen molar-refractivity contribution in [3.05, 3.63) is 89.8 Å². The fraction of sp³-hybridized carbons (Fsp3) is 0.250. The summed E-state index contributed by atoms with van der Waals surface area (Å²) in [4.78, 5) is 35.5. The van der Waals surface area contributed by atoms with Crippen LogP contribution in [-0.4, -0.2) is 42.8 Å². The van der Waals surface area contributed by atoms with E-state index in [0.29, 0.717) is 25.1 Å². The average molecular weight is 416 g/mol. The number of amides is 1. The van der Waals surface area contributed by atoms with E-state index in [2.05, 4.69) is 16.9 Å². The molecule has 158 valence electrons. The van der Waals surface area contributed by atoms with Crippen molar-refractivity contribution >= 4 is 17.4 Å². The zero-order valence-electron chi connectivity index (χ0n) is 17.3. The van der Waals surface area contributed by atoms with Crippen molar-refractivity contribution in [2.45, 2.75) is 32.4 Å². The SMILES string of the molecule is CCc1ccc(C2/C(=C(\O)c3ccncc3)C(=O)C(=O)N2CCCn2ccnc2)cc1. The van der Waals surface area contributed by atoms with E-state index in [0.717, 1.165) is 17.5 Å². The van der Waals surface area contributed by atoms with Crippen LogP contribution < -0.4 is 0 Å². The number of hydrogen-bond acceptors (Lipinski definition) is 5. The van der Waals surface area contributed by atoms with Crippen molar-refractivity contribution < 1.29 is 14.7 Å². The quantitative estimate of drug-likeness (QED) is 0.363. The van der Waals surface area contributed by atoms with Gasteiger partial charge in [0.1, 0.15) is 5.76 Å². The van der Waals surface area contributed by atoms with E-state index in [4.69, 9.17) is 0 Å². The van der Waals surface area contributed by atoms with Crippen LogP contribution in [0.2, 0.25) is 0 Å². The molecule has 1 fully saturated rings. The Morgan fingerprint density at radius 1 is 1.00 bits per heavy atom. The van der Waals surface area contributed by atoms with Gasteiger partial charge in [-0.1, -0.05) is 31.2 Å². The first-order valence-corrected chi connectivity index (χ1v) is 10.3. The Hall–Kier alpha value is -3.74. The number of aliphatic hydroxyl groups excluding tert-OH is 1. The van der Waals surface area contributed by atoms with Gasteiger partial charge in [-0.15, -0.1) is 0 Å². The summed E-state index contributed by atoms with van der Waals surface area (Å²) < 4.78 is 1.93. The number of benzene rings is 1. The number of pyridine rings is 1. The van der Waals surface area contributed by atoms with Crippen LogP contribution in [0.1, 0.15) is 36.1 Å². The van der Waals surface area contributed by atoms with Gasteiger partial charge < -0.3 is 14.6 Å². The van der Waals surface area contributed by atoms with Crippen molar-refractivity contribution in [2.24, 2.45) is 0 Å². The normalized spacial score (nSPS) is 18.0. The molecule has 1 aliphatic rings. The summed E-state index contributed by atoms with van der Waals surface area (Å²) in [5.74, 6) is -1.44. The van der Waals surface area contributed by atoms with Gasteiger partial charge in [0, 0.05) is 43.4 Å². The van der Waals surface area contributed by atoms with E-state index in [1.54, 1.807) is 42.0 Å². The van der Waals surface area contributed by atoms with Crippen LogP contribution in [0.4, 0.5) is 0 Å².